The van der Waals surface area contributed by atoms with Gasteiger partial charge in [-0.25, -0.2) is 12.8 Å². The third kappa shape index (κ3) is 3.44. The van der Waals surface area contributed by atoms with Crippen LogP contribution in [0.4, 0.5) is 4.39 Å². The maximum Gasteiger partial charge on any atom is 0.257 e. The molecule has 1 amide bonds. The fourth-order valence-electron chi connectivity index (χ4n) is 2.31. The average molecular weight is 374 g/mol. The molecule has 21 heavy (non-hydrogen) atoms. The summed E-state index contributed by atoms with van der Waals surface area (Å²) in [5.74, 6) is 0.960. The average Bonchev–Trinajstić information content (AvgIpc) is 2.78. The van der Waals surface area contributed by atoms with E-state index in [1.807, 2.05) is 0 Å². The SMILES string of the molecule is C#CCN(C(=O)c1cccc(Br)c1F)C1CCS(=O)(=O)C1. The Morgan fingerprint density at radius 2 is 2.24 bits per heavy atom. The minimum absolute atomic E-state index is 0.0208. The summed E-state index contributed by atoms with van der Waals surface area (Å²) in [5.41, 5.74) is -0.121. The van der Waals surface area contributed by atoms with Gasteiger partial charge in [-0.05, 0) is 34.5 Å². The van der Waals surface area contributed by atoms with Crippen molar-refractivity contribution >= 4 is 31.7 Å². The molecule has 1 saturated heterocycles. The summed E-state index contributed by atoms with van der Waals surface area (Å²) in [6, 6.07) is 3.88. The van der Waals surface area contributed by atoms with Crippen molar-refractivity contribution in [1.29, 1.82) is 0 Å². The van der Waals surface area contributed by atoms with Crippen molar-refractivity contribution in [2.75, 3.05) is 18.1 Å². The van der Waals surface area contributed by atoms with Crippen molar-refractivity contribution in [3.8, 4) is 12.3 Å². The molecule has 0 saturated carbocycles. The predicted octanol–water partition coefficient (Wildman–Crippen LogP) is 1.85. The highest BCUT2D eigenvalue weighted by molar-refractivity contribution is 9.10. The molecule has 0 radical (unpaired) electrons. The number of carbonyl (C=O) groups is 1. The van der Waals surface area contributed by atoms with Crippen LogP contribution in [0, 0.1) is 18.2 Å². The number of amides is 1. The molecule has 0 bridgehead atoms. The van der Waals surface area contributed by atoms with Gasteiger partial charge in [0, 0.05) is 6.04 Å². The van der Waals surface area contributed by atoms with Crippen LogP contribution in [-0.2, 0) is 9.84 Å². The Bertz CT molecular complexity index is 711. The molecule has 1 aromatic rings. The number of rotatable bonds is 3. The second-order valence-corrected chi connectivity index (χ2v) is 7.88. The number of halogens is 2. The quantitative estimate of drug-likeness (QED) is 0.759. The first-order chi connectivity index (χ1) is 9.85. The Morgan fingerprint density at radius 3 is 2.81 bits per heavy atom. The third-order valence-electron chi connectivity index (χ3n) is 3.35. The van der Waals surface area contributed by atoms with Gasteiger partial charge in [0.15, 0.2) is 9.84 Å². The standard InChI is InChI=1S/C14H13BrFNO3S/c1-2-7-17(10-6-8-21(19,20)9-10)14(18)11-4-3-5-12(15)13(11)16/h1,3-5,10H,6-9H2. The highest BCUT2D eigenvalue weighted by Gasteiger charge is 2.35. The topological polar surface area (TPSA) is 54.5 Å². The summed E-state index contributed by atoms with van der Waals surface area (Å²) >= 11 is 3.02. The molecule has 1 aromatic carbocycles. The molecule has 1 aliphatic rings. The van der Waals surface area contributed by atoms with Crippen molar-refractivity contribution in [2.45, 2.75) is 12.5 Å². The highest BCUT2D eigenvalue weighted by Crippen LogP contribution is 2.23. The lowest BCUT2D eigenvalue weighted by Gasteiger charge is -2.26. The molecular formula is C14H13BrFNO3S. The number of terminal acetylenes is 1. The molecular weight excluding hydrogens is 361 g/mol. The van der Waals surface area contributed by atoms with E-state index in [9.17, 15) is 17.6 Å². The van der Waals surface area contributed by atoms with Crippen molar-refractivity contribution in [2.24, 2.45) is 0 Å². The maximum absolute atomic E-state index is 14.0. The largest absolute Gasteiger partial charge is 0.323 e. The summed E-state index contributed by atoms with van der Waals surface area (Å²) in [5, 5.41) is 0. The lowest BCUT2D eigenvalue weighted by atomic mass is 10.1. The summed E-state index contributed by atoms with van der Waals surface area (Å²) < 4.78 is 37.3. The second kappa shape index (κ2) is 6.16. The molecule has 0 spiro atoms. The van der Waals surface area contributed by atoms with E-state index >= 15 is 0 Å². The first kappa shape index (κ1) is 16.0. The molecule has 1 unspecified atom stereocenters. The zero-order chi connectivity index (χ0) is 15.6. The van der Waals surface area contributed by atoms with E-state index in [0.29, 0.717) is 6.42 Å². The fourth-order valence-corrected chi connectivity index (χ4v) is 4.41. The van der Waals surface area contributed by atoms with Gasteiger partial charge in [0.1, 0.15) is 5.82 Å². The minimum atomic E-state index is -3.16. The van der Waals surface area contributed by atoms with Crippen LogP contribution in [0.25, 0.3) is 0 Å². The maximum atomic E-state index is 14.0. The molecule has 4 nitrogen and oxygen atoms in total. The van der Waals surface area contributed by atoms with E-state index in [1.165, 1.54) is 17.0 Å². The Balaban J connectivity index is 2.33. The molecule has 1 heterocycles. The van der Waals surface area contributed by atoms with Gasteiger partial charge in [0.05, 0.1) is 28.1 Å². The third-order valence-corrected chi connectivity index (χ3v) is 5.72. The summed E-state index contributed by atoms with van der Waals surface area (Å²) in [6.45, 7) is -0.0506. The van der Waals surface area contributed by atoms with Crippen molar-refractivity contribution in [3.63, 3.8) is 0 Å². The van der Waals surface area contributed by atoms with Gasteiger partial charge in [-0.3, -0.25) is 4.79 Å². The first-order valence-corrected chi connectivity index (χ1v) is 8.86. The number of benzene rings is 1. The van der Waals surface area contributed by atoms with Crippen LogP contribution >= 0.6 is 15.9 Å². The van der Waals surface area contributed by atoms with Crippen LogP contribution in [0.15, 0.2) is 22.7 Å². The molecule has 7 heteroatoms. The van der Waals surface area contributed by atoms with E-state index in [1.54, 1.807) is 6.07 Å². The normalized spacial score (nSPS) is 20.0. The van der Waals surface area contributed by atoms with E-state index in [0.717, 1.165) is 0 Å². The van der Waals surface area contributed by atoms with Crippen molar-refractivity contribution in [1.82, 2.24) is 4.90 Å². The van der Waals surface area contributed by atoms with Crippen molar-refractivity contribution < 1.29 is 17.6 Å². The van der Waals surface area contributed by atoms with Crippen LogP contribution in [-0.4, -0.2) is 43.3 Å². The van der Waals surface area contributed by atoms with E-state index in [2.05, 4.69) is 21.9 Å². The van der Waals surface area contributed by atoms with Gasteiger partial charge in [-0.15, -0.1) is 6.42 Å². The van der Waals surface area contributed by atoms with E-state index < -0.39 is 27.6 Å². The predicted molar refractivity (Wildman–Crippen MR) is 81.0 cm³/mol. The van der Waals surface area contributed by atoms with Gasteiger partial charge in [-0.1, -0.05) is 12.0 Å². The molecule has 2 rings (SSSR count). The Hall–Kier alpha value is -1.39. The summed E-state index contributed by atoms with van der Waals surface area (Å²) in [7, 11) is -3.16. The molecule has 1 aliphatic heterocycles. The Labute approximate surface area is 131 Å². The van der Waals surface area contributed by atoms with Crippen LogP contribution in [0.2, 0.25) is 0 Å². The molecule has 1 atom stereocenters. The Kier molecular flexibility index (Phi) is 4.69. The number of hydrogen-bond donors (Lipinski definition) is 0. The number of nitrogens with zero attached hydrogens (tertiary/aromatic N) is 1. The van der Waals surface area contributed by atoms with Gasteiger partial charge < -0.3 is 4.90 Å². The monoisotopic (exact) mass is 373 g/mol. The zero-order valence-electron chi connectivity index (χ0n) is 11.1. The van der Waals surface area contributed by atoms with Gasteiger partial charge in [0.2, 0.25) is 0 Å². The van der Waals surface area contributed by atoms with Crippen LogP contribution in [0.1, 0.15) is 16.8 Å². The lowest BCUT2D eigenvalue weighted by Crippen LogP contribution is -2.41. The van der Waals surface area contributed by atoms with Gasteiger partial charge >= 0.3 is 0 Å². The van der Waals surface area contributed by atoms with E-state index in [-0.39, 0.29) is 28.1 Å². The molecule has 1 fully saturated rings. The zero-order valence-corrected chi connectivity index (χ0v) is 13.5. The number of carbonyl (C=O) groups excluding carboxylic acids is 1. The highest BCUT2D eigenvalue weighted by atomic mass is 79.9. The van der Waals surface area contributed by atoms with Crippen LogP contribution < -0.4 is 0 Å². The molecule has 0 aromatic heterocycles. The Morgan fingerprint density at radius 1 is 1.52 bits per heavy atom. The summed E-state index contributed by atoms with van der Waals surface area (Å²) in [6.07, 6.45) is 5.58. The lowest BCUT2D eigenvalue weighted by molar-refractivity contribution is 0.0719. The molecule has 0 N–H and O–H groups in total. The van der Waals surface area contributed by atoms with Gasteiger partial charge in [-0.2, -0.15) is 0 Å². The minimum Gasteiger partial charge on any atom is -0.323 e. The number of sulfone groups is 1. The van der Waals surface area contributed by atoms with Crippen LogP contribution in [0.5, 0.6) is 0 Å². The number of hydrogen-bond acceptors (Lipinski definition) is 3. The first-order valence-electron chi connectivity index (χ1n) is 6.24. The summed E-state index contributed by atoms with van der Waals surface area (Å²) in [4.78, 5) is 13.7. The van der Waals surface area contributed by atoms with Gasteiger partial charge in [0.25, 0.3) is 5.91 Å². The van der Waals surface area contributed by atoms with E-state index in [4.69, 9.17) is 6.42 Å². The fraction of sp³-hybridized carbons (Fsp3) is 0.357. The molecule has 0 aliphatic carbocycles. The van der Waals surface area contributed by atoms with Crippen LogP contribution in [0.3, 0.4) is 0 Å². The smallest absolute Gasteiger partial charge is 0.257 e. The molecule has 112 valence electrons. The van der Waals surface area contributed by atoms with Crippen molar-refractivity contribution in [3.05, 3.63) is 34.1 Å². The second-order valence-electron chi connectivity index (χ2n) is 4.80.